The fourth-order valence-electron chi connectivity index (χ4n) is 3.21. The minimum Gasteiger partial charge on any atom is -0.0625 e. The Balaban J connectivity index is 2.09. The van der Waals surface area contributed by atoms with Crippen molar-refractivity contribution in [2.24, 2.45) is 17.8 Å². The van der Waals surface area contributed by atoms with Gasteiger partial charge in [-0.1, -0.05) is 51.1 Å². The summed E-state index contributed by atoms with van der Waals surface area (Å²) in [4.78, 5) is 0. The van der Waals surface area contributed by atoms with E-state index >= 15 is 0 Å². The molecule has 1 aromatic carbocycles. The molecular formula is C15H22. The van der Waals surface area contributed by atoms with Crippen LogP contribution in [-0.4, -0.2) is 0 Å². The van der Waals surface area contributed by atoms with Crippen molar-refractivity contribution in [2.75, 3.05) is 0 Å². The highest BCUT2D eigenvalue weighted by Crippen LogP contribution is 2.45. The lowest BCUT2D eigenvalue weighted by Crippen LogP contribution is -2.10. The molecule has 0 nitrogen and oxygen atoms in total. The van der Waals surface area contributed by atoms with Gasteiger partial charge in [-0.05, 0) is 42.1 Å². The number of benzene rings is 1. The molecule has 82 valence electrons. The molecule has 0 bridgehead atoms. The molecule has 15 heavy (non-hydrogen) atoms. The number of rotatable bonds is 2. The first-order valence-electron chi connectivity index (χ1n) is 6.23. The molecule has 2 rings (SSSR count). The first-order chi connectivity index (χ1) is 7.18. The highest BCUT2D eigenvalue weighted by molar-refractivity contribution is 5.21. The van der Waals surface area contributed by atoms with Crippen molar-refractivity contribution in [1.29, 1.82) is 0 Å². The normalized spacial score (nSPS) is 31.1. The maximum absolute atomic E-state index is 2.42. The molecule has 1 aromatic rings. The van der Waals surface area contributed by atoms with Crippen LogP contribution >= 0.6 is 0 Å². The quantitative estimate of drug-likeness (QED) is 0.663. The molecule has 2 unspecified atom stereocenters. The van der Waals surface area contributed by atoms with Crippen molar-refractivity contribution < 1.29 is 0 Å². The fourth-order valence-corrected chi connectivity index (χ4v) is 3.21. The highest BCUT2D eigenvalue weighted by Gasteiger charge is 2.33. The van der Waals surface area contributed by atoms with Gasteiger partial charge in [0.25, 0.3) is 0 Å². The summed E-state index contributed by atoms with van der Waals surface area (Å²) in [6.45, 7) is 7.16. The Morgan fingerprint density at radius 2 is 1.73 bits per heavy atom. The Kier molecular flexibility index (Phi) is 3.14. The second kappa shape index (κ2) is 4.38. The van der Waals surface area contributed by atoms with E-state index in [9.17, 15) is 0 Å². The number of hydrogen-bond donors (Lipinski definition) is 0. The molecule has 1 saturated carbocycles. The van der Waals surface area contributed by atoms with E-state index in [4.69, 9.17) is 0 Å². The summed E-state index contributed by atoms with van der Waals surface area (Å²) in [6.07, 6.45) is 2.77. The van der Waals surface area contributed by atoms with Crippen LogP contribution in [0.4, 0.5) is 0 Å². The van der Waals surface area contributed by atoms with Gasteiger partial charge in [-0.25, -0.2) is 0 Å². The fraction of sp³-hybridized carbons (Fsp3) is 0.600. The van der Waals surface area contributed by atoms with Gasteiger partial charge in [-0.15, -0.1) is 0 Å². The van der Waals surface area contributed by atoms with Gasteiger partial charge >= 0.3 is 0 Å². The van der Waals surface area contributed by atoms with Crippen molar-refractivity contribution in [2.45, 2.75) is 39.5 Å². The van der Waals surface area contributed by atoms with E-state index in [0.717, 1.165) is 23.7 Å². The summed E-state index contributed by atoms with van der Waals surface area (Å²) in [5.74, 6) is 3.48. The summed E-state index contributed by atoms with van der Waals surface area (Å²) in [5, 5.41) is 0. The lowest BCUT2D eigenvalue weighted by atomic mass is 9.87. The van der Waals surface area contributed by atoms with Crippen LogP contribution in [0, 0.1) is 17.8 Å². The molecule has 0 spiro atoms. The standard InChI is InChI=1S/C15H22/c1-11(2)15-10-14(9-12(15)3)13-7-5-4-6-8-13/h4-8,11-12,14-15H,9-10H2,1-3H3/t12?,14-,15?/m1/s1. The van der Waals surface area contributed by atoms with Crippen LogP contribution in [0.15, 0.2) is 30.3 Å². The maximum Gasteiger partial charge on any atom is -0.0156 e. The molecule has 1 aliphatic rings. The van der Waals surface area contributed by atoms with Gasteiger partial charge in [0.15, 0.2) is 0 Å². The van der Waals surface area contributed by atoms with Gasteiger partial charge in [-0.2, -0.15) is 0 Å². The van der Waals surface area contributed by atoms with E-state index in [1.54, 1.807) is 5.56 Å². The zero-order valence-electron chi connectivity index (χ0n) is 10.1. The average molecular weight is 202 g/mol. The molecule has 0 aromatic heterocycles. The molecule has 3 atom stereocenters. The van der Waals surface area contributed by atoms with E-state index in [1.807, 2.05) is 0 Å². The van der Waals surface area contributed by atoms with Crippen LogP contribution in [0.5, 0.6) is 0 Å². The van der Waals surface area contributed by atoms with Crippen molar-refractivity contribution in [1.82, 2.24) is 0 Å². The topological polar surface area (TPSA) is 0 Å². The van der Waals surface area contributed by atoms with Crippen LogP contribution < -0.4 is 0 Å². The molecule has 1 aliphatic carbocycles. The second-order valence-corrected chi connectivity index (χ2v) is 5.46. The van der Waals surface area contributed by atoms with E-state index in [1.165, 1.54) is 12.8 Å². The Morgan fingerprint density at radius 3 is 2.27 bits per heavy atom. The third-order valence-electron chi connectivity index (χ3n) is 4.07. The first kappa shape index (κ1) is 10.7. The Labute approximate surface area is 93.7 Å². The van der Waals surface area contributed by atoms with Crippen LogP contribution in [0.1, 0.15) is 45.1 Å². The Bertz CT molecular complexity index is 299. The van der Waals surface area contributed by atoms with Crippen LogP contribution in [0.25, 0.3) is 0 Å². The number of hydrogen-bond acceptors (Lipinski definition) is 0. The summed E-state index contributed by atoms with van der Waals surface area (Å²) in [7, 11) is 0. The molecular weight excluding hydrogens is 180 g/mol. The summed E-state index contributed by atoms with van der Waals surface area (Å²) in [5.41, 5.74) is 1.55. The van der Waals surface area contributed by atoms with Crippen LogP contribution in [0.2, 0.25) is 0 Å². The zero-order chi connectivity index (χ0) is 10.8. The first-order valence-corrected chi connectivity index (χ1v) is 6.23. The molecule has 0 radical (unpaired) electrons. The monoisotopic (exact) mass is 202 g/mol. The van der Waals surface area contributed by atoms with Gasteiger partial charge in [0, 0.05) is 0 Å². The predicted octanol–water partition coefficient (Wildman–Crippen LogP) is 4.47. The molecule has 0 amide bonds. The van der Waals surface area contributed by atoms with Crippen molar-refractivity contribution >= 4 is 0 Å². The average Bonchev–Trinajstić information content (AvgIpc) is 2.62. The van der Waals surface area contributed by atoms with Gasteiger partial charge in [0.2, 0.25) is 0 Å². The minimum atomic E-state index is 0.814. The molecule has 0 N–H and O–H groups in total. The summed E-state index contributed by atoms with van der Waals surface area (Å²) >= 11 is 0. The van der Waals surface area contributed by atoms with Gasteiger partial charge < -0.3 is 0 Å². The van der Waals surface area contributed by atoms with Gasteiger partial charge in [0.1, 0.15) is 0 Å². The second-order valence-electron chi connectivity index (χ2n) is 5.46. The van der Waals surface area contributed by atoms with Gasteiger partial charge in [0.05, 0.1) is 0 Å². The molecule has 0 heteroatoms. The smallest absolute Gasteiger partial charge is 0.0156 e. The van der Waals surface area contributed by atoms with Crippen molar-refractivity contribution in [3.8, 4) is 0 Å². The van der Waals surface area contributed by atoms with E-state index in [2.05, 4.69) is 51.1 Å². The highest BCUT2D eigenvalue weighted by atomic mass is 14.4. The third kappa shape index (κ3) is 2.25. The maximum atomic E-state index is 2.42. The lowest BCUT2D eigenvalue weighted by Gasteiger charge is -2.18. The predicted molar refractivity (Wildman–Crippen MR) is 65.9 cm³/mol. The molecule has 0 aliphatic heterocycles. The Morgan fingerprint density at radius 1 is 1.07 bits per heavy atom. The zero-order valence-corrected chi connectivity index (χ0v) is 10.1. The Hall–Kier alpha value is -0.780. The third-order valence-corrected chi connectivity index (χ3v) is 4.07. The van der Waals surface area contributed by atoms with Crippen LogP contribution in [0.3, 0.4) is 0 Å². The SMILES string of the molecule is CC(C)C1C[C@H](c2ccccc2)CC1C. The van der Waals surface area contributed by atoms with Gasteiger partial charge in [-0.3, -0.25) is 0 Å². The molecule has 1 fully saturated rings. The van der Waals surface area contributed by atoms with Crippen molar-refractivity contribution in [3.63, 3.8) is 0 Å². The largest absolute Gasteiger partial charge is 0.0625 e. The van der Waals surface area contributed by atoms with E-state index in [0.29, 0.717) is 0 Å². The minimum absolute atomic E-state index is 0.814. The lowest BCUT2D eigenvalue weighted by molar-refractivity contribution is 0.314. The summed E-state index contributed by atoms with van der Waals surface area (Å²) < 4.78 is 0. The summed E-state index contributed by atoms with van der Waals surface area (Å²) in [6, 6.07) is 11.0. The van der Waals surface area contributed by atoms with E-state index < -0.39 is 0 Å². The molecule has 0 heterocycles. The van der Waals surface area contributed by atoms with Crippen LogP contribution in [-0.2, 0) is 0 Å². The van der Waals surface area contributed by atoms with Crippen molar-refractivity contribution in [3.05, 3.63) is 35.9 Å². The molecule has 0 saturated heterocycles. The van der Waals surface area contributed by atoms with E-state index in [-0.39, 0.29) is 0 Å².